The first kappa shape index (κ1) is 14.6. The molecule has 5 heteroatoms. The third-order valence-electron chi connectivity index (χ3n) is 4.95. The van der Waals surface area contributed by atoms with Gasteiger partial charge in [-0.1, -0.05) is 6.07 Å². The second kappa shape index (κ2) is 6.24. The molecule has 0 aromatic carbocycles. The molecular weight excluding hydrogens is 286 g/mol. The Bertz CT molecular complexity index is 660. The summed E-state index contributed by atoms with van der Waals surface area (Å²) in [6.07, 6.45) is 8.54. The standard InChI is InChI=1S/C18H23N5/c19-17-15(11-21-18(22-17)14-4-5-14)12-23-9-6-13(7-10-23)16-3-1-2-8-20-16/h1-3,8,11,13-14H,4-7,9-10,12H2,(H2,19,21,22). The Labute approximate surface area is 137 Å². The van der Waals surface area contributed by atoms with Gasteiger partial charge in [-0.05, 0) is 50.9 Å². The summed E-state index contributed by atoms with van der Waals surface area (Å²) in [5.41, 5.74) is 8.42. The predicted molar refractivity (Wildman–Crippen MR) is 89.9 cm³/mol. The van der Waals surface area contributed by atoms with Gasteiger partial charge in [-0.25, -0.2) is 9.97 Å². The van der Waals surface area contributed by atoms with Crippen molar-refractivity contribution in [3.8, 4) is 0 Å². The SMILES string of the molecule is Nc1nc(C2CC2)ncc1CN1CCC(c2ccccn2)CC1. The third kappa shape index (κ3) is 3.34. The summed E-state index contributed by atoms with van der Waals surface area (Å²) in [7, 11) is 0. The van der Waals surface area contributed by atoms with Crippen molar-refractivity contribution in [1.29, 1.82) is 0 Å². The normalized spacial score (nSPS) is 19.8. The van der Waals surface area contributed by atoms with Crippen LogP contribution in [0.2, 0.25) is 0 Å². The Morgan fingerprint density at radius 2 is 1.87 bits per heavy atom. The Morgan fingerprint density at radius 1 is 1.04 bits per heavy atom. The number of hydrogen-bond acceptors (Lipinski definition) is 5. The monoisotopic (exact) mass is 309 g/mol. The molecule has 3 heterocycles. The average Bonchev–Trinajstić information content (AvgIpc) is 3.43. The van der Waals surface area contributed by atoms with Gasteiger partial charge in [-0.2, -0.15) is 0 Å². The van der Waals surface area contributed by atoms with Crippen LogP contribution in [0.4, 0.5) is 5.82 Å². The highest BCUT2D eigenvalue weighted by Crippen LogP contribution is 2.38. The number of nitrogens with zero attached hydrogens (tertiary/aromatic N) is 4. The molecule has 1 aliphatic carbocycles. The predicted octanol–water partition coefficient (Wildman–Crippen LogP) is 2.71. The molecule has 0 unspecified atom stereocenters. The molecule has 1 saturated heterocycles. The Hall–Kier alpha value is -2.01. The zero-order valence-electron chi connectivity index (χ0n) is 13.4. The second-order valence-corrected chi connectivity index (χ2v) is 6.72. The van der Waals surface area contributed by atoms with Gasteiger partial charge in [0.05, 0.1) is 0 Å². The second-order valence-electron chi connectivity index (χ2n) is 6.72. The van der Waals surface area contributed by atoms with Crippen LogP contribution >= 0.6 is 0 Å². The molecule has 1 saturated carbocycles. The molecule has 2 fully saturated rings. The van der Waals surface area contributed by atoms with Gasteiger partial charge in [0.25, 0.3) is 0 Å². The van der Waals surface area contributed by atoms with E-state index in [0.29, 0.717) is 17.7 Å². The van der Waals surface area contributed by atoms with Crippen LogP contribution in [0.3, 0.4) is 0 Å². The van der Waals surface area contributed by atoms with Crippen molar-refractivity contribution >= 4 is 5.82 Å². The topological polar surface area (TPSA) is 67.9 Å². The molecule has 2 aromatic rings. The van der Waals surface area contributed by atoms with Crippen molar-refractivity contribution in [2.45, 2.75) is 44.1 Å². The van der Waals surface area contributed by atoms with Gasteiger partial charge in [-0.15, -0.1) is 0 Å². The Balaban J connectivity index is 1.36. The first-order chi connectivity index (χ1) is 11.3. The molecule has 0 amide bonds. The molecule has 0 radical (unpaired) electrons. The van der Waals surface area contributed by atoms with E-state index < -0.39 is 0 Å². The first-order valence-electron chi connectivity index (χ1n) is 8.54. The van der Waals surface area contributed by atoms with Gasteiger partial charge in [-0.3, -0.25) is 9.88 Å². The van der Waals surface area contributed by atoms with Crippen molar-refractivity contribution in [3.05, 3.63) is 47.7 Å². The van der Waals surface area contributed by atoms with E-state index in [2.05, 4.69) is 32.0 Å². The minimum Gasteiger partial charge on any atom is -0.383 e. The van der Waals surface area contributed by atoms with E-state index in [1.54, 1.807) is 0 Å². The van der Waals surface area contributed by atoms with E-state index in [1.807, 2.05) is 18.5 Å². The zero-order valence-corrected chi connectivity index (χ0v) is 13.4. The van der Waals surface area contributed by atoms with Crippen molar-refractivity contribution in [2.75, 3.05) is 18.8 Å². The smallest absolute Gasteiger partial charge is 0.133 e. The lowest BCUT2D eigenvalue weighted by molar-refractivity contribution is 0.203. The van der Waals surface area contributed by atoms with Crippen LogP contribution in [0, 0.1) is 0 Å². The summed E-state index contributed by atoms with van der Waals surface area (Å²) in [6, 6.07) is 6.20. The summed E-state index contributed by atoms with van der Waals surface area (Å²) >= 11 is 0. The number of hydrogen-bond donors (Lipinski definition) is 1. The van der Waals surface area contributed by atoms with Crippen molar-refractivity contribution in [3.63, 3.8) is 0 Å². The lowest BCUT2D eigenvalue weighted by Crippen LogP contribution is -2.33. The van der Waals surface area contributed by atoms with Crippen LogP contribution in [-0.2, 0) is 6.54 Å². The van der Waals surface area contributed by atoms with Crippen LogP contribution in [0.1, 0.15) is 54.6 Å². The molecule has 2 aromatic heterocycles. The minimum atomic E-state index is 0.556. The summed E-state index contributed by atoms with van der Waals surface area (Å²) in [4.78, 5) is 15.9. The highest BCUT2D eigenvalue weighted by atomic mass is 15.1. The first-order valence-corrected chi connectivity index (χ1v) is 8.54. The number of pyridine rings is 1. The number of nitrogen functional groups attached to an aromatic ring is 1. The summed E-state index contributed by atoms with van der Waals surface area (Å²) < 4.78 is 0. The van der Waals surface area contributed by atoms with E-state index in [4.69, 9.17) is 5.73 Å². The van der Waals surface area contributed by atoms with E-state index in [1.165, 1.54) is 18.5 Å². The molecule has 5 nitrogen and oxygen atoms in total. The van der Waals surface area contributed by atoms with Crippen molar-refractivity contribution in [2.24, 2.45) is 0 Å². The lowest BCUT2D eigenvalue weighted by atomic mass is 9.93. The van der Waals surface area contributed by atoms with E-state index in [-0.39, 0.29) is 0 Å². The van der Waals surface area contributed by atoms with Gasteiger partial charge in [0.1, 0.15) is 11.6 Å². The number of piperidine rings is 1. The Kier molecular flexibility index (Phi) is 3.95. The van der Waals surface area contributed by atoms with Crippen LogP contribution in [-0.4, -0.2) is 32.9 Å². The fourth-order valence-corrected chi connectivity index (χ4v) is 3.34. The summed E-state index contributed by atoms with van der Waals surface area (Å²) in [6.45, 7) is 3.00. The average molecular weight is 309 g/mol. The molecule has 23 heavy (non-hydrogen) atoms. The summed E-state index contributed by atoms with van der Waals surface area (Å²) in [5, 5.41) is 0. The lowest BCUT2D eigenvalue weighted by Gasteiger charge is -2.31. The molecule has 2 N–H and O–H groups in total. The molecule has 0 bridgehead atoms. The molecule has 4 rings (SSSR count). The molecule has 0 atom stereocenters. The fraction of sp³-hybridized carbons (Fsp3) is 0.500. The maximum absolute atomic E-state index is 6.13. The summed E-state index contributed by atoms with van der Waals surface area (Å²) in [5.74, 6) is 2.73. The molecule has 0 spiro atoms. The quantitative estimate of drug-likeness (QED) is 0.940. The van der Waals surface area contributed by atoms with Crippen LogP contribution in [0.15, 0.2) is 30.6 Å². The van der Waals surface area contributed by atoms with Crippen LogP contribution < -0.4 is 5.73 Å². The third-order valence-corrected chi connectivity index (χ3v) is 4.95. The number of aromatic nitrogens is 3. The Morgan fingerprint density at radius 3 is 2.52 bits per heavy atom. The molecule has 1 aliphatic heterocycles. The minimum absolute atomic E-state index is 0.556. The van der Waals surface area contributed by atoms with Crippen molar-refractivity contribution < 1.29 is 0 Å². The van der Waals surface area contributed by atoms with Gasteiger partial charge >= 0.3 is 0 Å². The number of nitrogens with two attached hydrogens (primary N) is 1. The van der Waals surface area contributed by atoms with Crippen LogP contribution in [0.25, 0.3) is 0 Å². The number of likely N-dealkylation sites (tertiary alicyclic amines) is 1. The van der Waals surface area contributed by atoms with E-state index >= 15 is 0 Å². The molecular formula is C18H23N5. The maximum Gasteiger partial charge on any atom is 0.133 e. The highest BCUT2D eigenvalue weighted by molar-refractivity contribution is 5.38. The largest absolute Gasteiger partial charge is 0.383 e. The van der Waals surface area contributed by atoms with Gasteiger partial charge in [0.2, 0.25) is 0 Å². The molecule has 120 valence electrons. The van der Waals surface area contributed by atoms with Crippen molar-refractivity contribution in [1.82, 2.24) is 19.9 Å². The van der Waals surface area contributed by atoms with Gasteiger partial charge in [0, 0.05) is 42.0 Å². The van der Waals surface area contributed by atoms with E-state index in [0.717, 1.165) is 43.9 Å². The van der Waals surface area contributed by atoms with Gasteiger partial charge < -0.3 is 5.73 Å². The highest BCUT2D eigenvalue weighted by Gasteiger charge is 2.27. The molecule has 2 aliphatic rings. The number of anilines is 1. The maximum atomic E-state index is 6.13. The fourth-order valence-electron chi connectivity index (χ4n) is 3.34. The van der Waals surface area contributed by atoms with E-state index in [9.17, 15) is 0 Å². The number of rotatable bonds is 4. The zero-order chi connectivity index (χ0) is 15.6. The van der Waals surface area contributed by atoms with Gasteiger partial charge in [0.15, 0.2) is 0 Å². The van der Waals surface area contributed by atoms with Crippen LogP contribution in [0.5, 0.6) is 0 Å².